The van der Waals surface area contributed by atoms with Crippen LogP contribution in [-0.2, 0) is 0 Å². The third-order valence-electron chi connectivity index (χ3n) is 1.89. The summed E-state index contributed by atoms with van der Waals surface area (Å²) in [4.78, 5) is 11.5. The highest BCUT2D eigenvalue weighted by molar-refractivity contribution is 5.94. The molecule has 0 saturated heterocycles. The lowest BCUT2D eigenvalue weighted by atomic mass is 10.1. The van der Waals surface area contributed by atoms with E-state index in [2.05, 4.69) is 26.1 Å². The summed E-state index contributed by atoms with van der Waals surface area (Å²) in [6, 6.07) is 7.25. The number of hydrogen-bond donors (Lipinski definition) is 1. The highest BCUT2D eigenvalue weighted by atomic mass is 16.1. The molecule has 0 aliphatic carbocycles. The van der Waals surface area contributed by atoms with Crippen molar-refractivity contribution in [2.75, 3.05) is 6.54 Å². The summed E-state index contributed by atoms with van der Waals surface area (Å²) in [5.74, 6) is 0.463. The number of carbonyl (C=O) groups is 1. The predicted molar refractivity (Wildman–Crippen MR) is 58.1 cm³/mol. The van der Waals surface area contributed by atoms with Crippen LogP contribution in [0.3, 0.4) is 0 Å². The second kappa shape index (κ2) is 4.80. The number of nitrogens with one attached hydrogen (secondary N) is 1. The third kappa shape index (κ3) is 3.21. The maximum atomic E-state index is 11.5. The van der Waals surface area contributed by atoms with Crippen molar-refractivity contribution in [1.29, 1.82) is 0 Å². The van der Waals surface area contributed by atoms with E-state index in [4.69, 9.17) is 0 Å². The number of amides is 1. The van der Waals surface area contributed by atoms with E-state index in [1.807, 2.05) is 12.1 Å². The molecule has 0 aliphatic heterocycles. The molecule has 0 fully saturated rings. The minimum absolute atomic E-state index is 0.0151. The summed E-state index contributed by atoms with van der Waals surface area (Å²) >= 11 is 0. The predicted octanol–water partition coefficient (Wildman–Crippen LogP) is 2.25. The van der Waals surface area contributed by atoms with E-state index in [0.717, 1.165) is 5.56 Å². The fourth-order valence-electron chi connectivity index (χ4n) is 1.06. The average Bonchev–Trinajstić information content (AvgIpc) is 2.15. The first-order valence-electron chi connectivity index (χ1n) is 4.80. The Morgan fingerprint density at radius 2 is 1.93 bits per heavy atom. The van der Waals surface area contributed by atoms with Crippen molar-refractivity contribution < 1.29 is 4.79 Å². The SMILES string of the molecule is [CH2]c1ccc(C(=O)NCC(C)C)cc1. The highest BCUT2D eigenvalue weighted by Gasteiger charge is 2.04. The zero-order valence-electron chi connectivity index (χ0n) is 8.71. The summed E-state index contributed by atoms with van der Waals surface area (Å²) in [5, 5.41) is 2.86. The van der Waals surface area contributed by atoms with E-state index in [-0.39, 0.29) is 5.91 Å². The van der Waals surface area contributed by atoms with Gasteiger partial charge in [-0.3, -0.25) is 4.79 Å². The first-order valence-corrected chi connectivity index (χ1v) is 4.80. The lowest BCUT2D eigenvalue weighted by molar-refractivity contribution is 0.0949. The number of rotatable bonds is 3. The van der Waals surface area contributed by atoms with Crippen molar-refractivity contribution in [3.05, 3.63) is 42.3 Å². The van der Waals surface area contributed by atoms with Crippen LogP contribution in [0.2, 0.25) is 0 Å². The van der Waals surface area contributed by atoms with Gasteiger partial charge in [0.05, 0.1) is 0 Å². The van der Waals surface area contributed by atoms with Crippen LogP contribution in [0.4, 0.5) is 0 Å². The van der Waals surface area contributed by atoms with Crippen LogP contribution in [0.25, 0.3) is 0 Å². The molecule has 0 heterocycles. The molecule has 0 atom stereocenters. The van der Waals surface area contributed by atoms with Crippen molar-refractivity contribution >= 4 is 5.91 Å². The molecule has 0 aliphatic rings. The first-order chi connectivity index (χ1) is 6.59. The van der Waals surface area contributed by atoms with Gasteiger partial charge in [-0.1, -0.05) is 26.0 Å². The molecule has 75 valence electrons. The third-order valence-corrected chi connectivity index (χ3v) is 1.89. The van der Waals surface area contributed by atoms with Crippen molar-refractivity contribution in [1.82, 2.24) is 5.32 Å². The molecule has 0 saturated carbocycles. The molecule has 1 aromatic carbocycles. The quantitative estimate of drug-likeness (QED) is 0.778. The van der Waals surface area contributed by atoms with E-state index >= 15 is 0 Å². The van der Waals surface area contributed by atoms with Gasteiger partial charge in [0.2, 0.25) is 0 Å². The van der Waals surface area contributed by atoms with Gasteiger partial charge in [0, 0.05) is 12.1 Å². The molecule has 1 amide bonds. The van der Waals surface area contributed by atoms with E-state index in [1.165, 1.54) is 0 Å². The fraction of sp³-hybridized carbons (Fsp3) is 0.333. The van der Waals surface area contributed by atoms with Gasteiger partial charge in [0.15, 0.2) is 0 Å². The summed E-state index contributed by atoms with van der Waals surface area (Å²) in [7, 11) is 0. The van der Waals surface area contributed by atoms with Crippen LogP contribution in [0.15, 0.2) is 24.3 Å². The van der Waals surface area contributed by atoms with E-state index in [9.17, 15) is 4.79 Å². The molecule has 0 bridgehead atoms. The van der Waals surface area contributed by atoms with Gasteiger partial charge in [-0.05, 0) is 30.5 Å². The fourth-order valence-corrected chi connectivity index (χ4v) is 1.06. The second-order valence-electron chi connectivity index (χ2n) is 3.80. The topological polar surface area (TPSA) is 29.1 Å². The minimum atomic E-state index is -0.0151. The Bertz CT molecular complexity index is 301. The Balaban J connectivity index is 2.57. The lowest BCUT2D eigenvalue weighted by Crippen LogP contribution is -2.27. The molecule has 1 N–H and O–H groups in total. The van der Waals surface area contributed by atoms with Gasteiger partial charge in [-0.15, -0.1) is 0 Å². The monoisotopic (exact) mass is 190 g/mol. The van der Waals surface area contributed by atoms with E-state index < -0.39 is 0 Å². The zero-order chi connectivity index (χ0) is 10.6. The summed E-state index contributed by atoms with van der Waals surface area (Å²) in [6.07, 6.45) is 0. The van der Waals surface area contributed by atoms with Gasteiger partial charge < -0.3 is 5.32 Å². The Kier molecular flexibility index (Phi) is 3.69. The molecule has 2 nitrogen and oxygen atoms in total. The second-order valence-corrected chi connectivity index (χ2v) is 3.80. The van der Waals surface area contributed by atoms with Crippen molar-refractivity contribution in [2.24, 2.45) is 5.92 Å². The van der Waals surface area contributed by atoms with Crippen LogP contribution in [0, 0.1) is 12.8 Å². The van der Waals surface area contributed by atoms with Crippen LogP contribution < -0.4 is 5.32 Å². The lowest BCUT2D eigenvalue weighted by Gasteiger charge is -2.07. The first kappa shape index (κ1) is 10.8. The zero-order valence-corrected chi connectivity index (χ0v) is 8.71. The molecule has 2 heteroatoms. The molecule has 1 radical (unpaired) electrons. The maximum absolute atomic E-state index is 11.5. The van der Waals surface area contributed by atoms with Gasteiger partial charge >= 0.3 is 0 Å². The van der Waals surface area contributed by atoms with Crippen LogP contribution >= 0.6 is 0 Å². The summed E-state index contributed by atoms with van der Waals surface area (Å²) in [5.41, 5.74) is 1.61. The Morgan fingerprint density at radius 1 is 1.36 bits per heavy atom. The number of benzene rings is 1. The molecular weight excluding hydrogens is 174 g/mol. The molecule has 0 unspecified atom stereocenters. The maximum Gasteiger partial charge on any atom is 0.251 e. The van der Waals surface area contributed by atoms with Crippen molar-refractivity contribution in [3.63, 3.8) is 0 Å². The molecule has 1 aromatic rings. The van der Waals surface area contributed by atoms with Gasteiger partial charge in [0.25, 0.3) is 5.91 Å². The van der Waals surface area contributed by atoms with E-state index in [1.54, 1.807) is 12.1 Å². The summed E-state index contributed by atoms with van der Waals surface area (Å²) in [6.45, 7) is 8.61. The van der Waals surface area contributed by atoms with Gasteiger partial charge in [0.1, 0.15) is 0 Å². The minimum Gasteiger partial charge on any atom is -0.352 e. The Labute approximate surface area is 85.3 Å². The van der Waals surface area contributed by atoms with E-state index in [0.29, 0.717) is 18.0 Å². The molecule has 1 rings (SSSR count). The number of carbonyl (C=O) groups excluding carboxylic acids is 1. The average molecular weight is 190 g/mol. The smallest absolute Gasteiger partial charge is 0.251 e. The summed E-state index contributed by atoms with van der Waals surface area (Å²) < 4.78 is 0. The molecule has 0 spiro atoms. The Hall–Kier alpha value is -1.31. The molecule has 14 heavy (non-hydrogen) atoms. The van der Waals surface area contributed by atoms with Crippen LogP contribution in [0.5, 0.6) is 0 Å². The van der Waals surface area contributed by atoms with Crippen molar-refractivity contribution in [3.8, 4) is 0 Å². The van der Waals surface area contributed by atoms with Gasteiger partial charge in [-0.25, -0.2) is 0 Å². The normalized spacial score (nSPS) is 10.3. The standard InChI is InChI=1S/C12H16NO/c1-9(2)8-13-12(14)11-6-4-10(3)5-7-11/h4-7,9H,3,8H2,1-2H3,(H,13,14). The highest BCUT2D eigenvalue weighted by Crippen LogP contribution is 2.02. The largest absolute Gasteiger partial charge is 0.352 e. The van der Waals surface area contributed by atoms with Crippen LogP contribution in [-0.4, -0.2) is 12.5 Å². The van der Waals surface area contributed by atoms with Gasteiger partial charge in [-0.2, -0.15) is 0 Å². The molecular formula is C12H16NO. The van der Waals surface area contributed by atoms with Crippen LogP contribution in [0.1, 0.15) is 29.8 Å². The Morgan fingerprint density at radius 3 is 2.43 bits per heavy atom. The molecule has 0 aromatic heterocycles. The van der Waals surface area contributed by atoms with Crippen molar-refractivity contribution in [2.45, 2.75) is 13.8 Å². The number of hydrogen-bond acceptors (Lipinski definition) is 1.